The van der Waals surface area contributed by atoms with Crippen LogP contribution in [0, 0.1) is 12.7 Å². The normalized spacial score (nSPS) is 10.7. The van der Waals surface area contributed by atoms with E-state index in [2.05, 4.69) is 15.0 Å². The largest absolute Gasteiger partial charge is 0.432 e. The first-order chi connectivity index (χ1) is 9.95. The van der Waals surface area contributed by atoms with E-state index in [0.29, 0.717) is 12.2 Å². The standard InChI is InChI=1S/C14H14F3N3O/c1-8-2-3-9(6-19-8)7-20-12-5-13(21-14(16)17)10(15)4-11(12)18/h2-6,14,20H,7,18H2,1H3. The minimum absolute atomic E-state index is 0.106. The molecule has 0 fully saturated rings. The van der Waals surface area contributed by atoms with Gasteiger partial charge in [0.1, 0.15) is 0 Å². The number of alkyl halides is 2. The van der Waals surface area contributed by atoms with E-state index < -0.39 is 18.2 Å². The number of hydrogen-bond acceptors (Lipinski definition) is 4. The molecule has 0 saturated heterocycles. The van der Waals surface area contributed by atoms with Crippen molar-refractivity contribution in [3.8, 4) is 5.75 Å². The van der Waals surface area contributed by atoms with Crippen LogP contribution in [0.5, 0.6) is 5.75 Å². The van der Waals surface area contributed by atoms with Gasteiger partial charge in [-0.15, -0.1) is 0 Å². The Bertz CT molecular complexity index is 618. The van der Waals surface area contributed by atoms with Crippen LogP contribution in [0.2, 0.25) is 0 Å². The number of ether oxygens (including phenoxy) is 1. The van der Waals surface area contributed by atoms with Gasteiger partial charge in [0, 0.05) is 30.6 Å². The average Bonchev–Trinajstić information content (AvgIpc) is 2.42. The molecule has 0 bridgehead atoms. The van der Waals surface area contributed by atoms with E-state index in [-0.39, 0.29) is 5.69 Å². The molecule has 0 aliphatic rings. The van der Waals surface area contributed by atoms with Crippen LogP contribution < -0.4 is 15.8 Å². The van der Waals surface area contributed by atoms with Crippen molar-refractivity contribution in [3.63, 3.8) is 0 Å². The Labute approximate surface area is 119 Å². The molecule has 4 nitrogen and oxygen atoms in total. The van der Waals surface area contributed by atoms with Gasteiger partial charge in [0.05, 0.1) is 11.4 Å². The zero-order valence-electron chi connectivity index (χ0n) is 11.2. The number of nitrogens with one attached hydrogen (secondary N) is 1. The van der Waals surface area contributed by atoms with Crippen LogP contribution in [-0.2, 0) is 6.54 Å². The smallest absolute Gasteiger partial charge is 0.387 e. The van der Waals surface area contributed by atoms with Gasteiger partial charge in [-0.05, 0) is 18.6 Å². The number of rotatable bonds is 5. The molecular formula is C14H14F3N3O. The van der Waals surface area contributed by atoms with Crippen molar-refractivity contribution < 1.29 is 17.9 Å². The number of aryl methyl sites for hydroxylation is 1. The Hall–Kier alpha value is -2.44. The third-order valence-electron chi connectivity index (χ3n) is 2.78. The minimum atomic E-state index is -3.10. The second-order valence-corrected chi connectivity index (χ2v) is 4.41. The van der Waals surface area contributed by atoms with Gasteiger partial charge in [-0.1, -0.05) is 6.07 Å². The van der Waals surface area contributed by atoms with E-state index in [4.69, 9.17) is 5.73 Å². The molecule has 0 aliphatic carbocycles. The number of halogens is 3. The molecule has 2 aromatic rings. The van der Waals surface area contributed by atoms with Crippen LogP contribution in [0.15, 0.2) is 30.5 Å². The highest BCUT2D eigenvalue weighted by Crippen LogP contribution is 2.29. The van der Waals surface area contributed by atoms with Crippen molar-refractivity contribution in [2.75, 3.05) is 11.1 Å². The van der Waals surface area contributed by atoms with Crippen molar-refractivity contribution in [1.29, 1.82) is 0 Å². The van der Waals surface area contributed by atoms with Crippen LogP contribution in [-0.4, -0.2) is 11.6 Å². The molecule has 0 radical (unpaired) electrons. The molecule has 0 spiro atoms. The predicted octanol–water partition coefficient (Wildman–Crippen LogP) is 3.32. The molecule has 7 heteroatoms. The Morgan fingerprint density at radius 3 is 2.71 bits per heavy atom. The number of nitrogens with two attached hydrogens (primary N) is 1. The van der Waals surface area contributed by atoms with E-state index >= 15 is 0 Å². The van der Waals surface area contributed by atoms with Gasteiger partial charge in [0.25, 0.3) is 0 Å². The SMILES string of the molecule is Cc1ccc(CNc2cc(OC(F)F)c(F)cc2N)cn1. The summed E-state index contributed by atoms with van der Waals surface area (Å²) in [4.78, 5) is 4.13. The summed E-state index contributed by atoms with van der Waals surface area (Å²) in [6, 6.07) is 5.76. The third kappa shape index (κ3) is 4.01. The first kappa shape index (κ1) is 15.0. The molecule has 2 rings (SSSR count). The van der Waals surface area contributed by atoms with Gasteiger partial charge < -0.3 is 15.8 Å². The van der Waals surface area contributed by atoms with Crippen molar-refractivity contribution in [2.24, 2.45) is 0 Å². The summed E-state index contributed by atoms with van der Waals surface area (Å²) in [5.41, 5.74) is 7.82. The quantitative estimate of drug-likeness (QED) is 0.831. The fraction of sp³-hybridized carbons (Fsp3) is 0.214. The number of aromatic nitrogens is 1. The topological polar surface area (TPSA) is 60.2 Å². The zero-order chi connectivity index (χ0) is 15.4. The second kappa shape index (κ2) is 6.34. The van der Waals surface area contributed by atoms with Crippen LogP contribution in [0.4, 0.5) is 24.5 Å². The first-order valence-corrected chi connectivity index (χ1v) is 6.15. The van der Waals surface area contributed by atoms with E-state index in [0.717, 1.165) is 23.4 Å². The van der Waals surface area contributed by atoms with E-state index in [1.54, 1.807) is 6.20 Å². The van der Waals surface area contributed by atoms with Crippen LogP contribution in [0.25, 0.3) is 0 Å². The average molecular weight is 297 g/mol. The molecular weight excluding hydrogens is 283 g/mol. The summed E-state index contributed by atoms with van der Waals surface area (Å²) in [5, 5.41) is 2.93. The van der Waals surface area contributed by atoms with E-state index in [1.165, 1.54) is 0 Å². The van der Waals surface area contributed by atoms with Gasteiger partial charge in [0.15, 0.2) is 11.6 Å². The lowest BCUT2D eigenvalue weighted by molar-refractivity contribution is -0.0521. The van der Waals surface area contributed by atoms with Crippen LogP contribution in [0.1, 0.15) is 11.3 Å². The molecule has 0 amide bonds. The Morgan fingerprint density at radius 1 is 1.33 bits per heavy atom. The summed E-state index contributed by atoms with van der Waals surface area (Å²) < 4.78 is 41.9. The summed E-state index contributed by atoms with van der Waals surface area (Å²) in [7, 11) is 0. The number of anilines is 2. The highest BCUT2D eigenvalue weighted by atomic mass is 19.3. The van der Waals surface area contributed by atoms with Crippen molar-refractivity contribution in [2.45, 2.75) is 20.1 Å². The molecule has 112 valence electrons. The molecule has 0 aliphatic heterocycles. The number of nitrogen functional groups attached to an aromatic ring is 1. The molecule has 1 aromatic carbocycles. The molecule has 0 saturated carbocycles. The van der Waals surface area contributed by atoms with Gasteiger partial charge in [-0.3, -0.25) is 4.98 Å². The summed E-state index contributed by atoms with van der Waals surface area (Å²) >= 11 is 0. The lowest BCUT2D eigenvalue weighted by atomic mass is 10.2. The zero-order valence-corrected chi connectivity index (χ0v) is 11.2. The molecule has 21 heavy (non-hydrogen) atoms. The maximum absolute atomic E-state index is 13.4. The Kier molecular flexibility index (Phi) is 4.52. The molecule has 1 aromatic heterocycles. The van der Waals surface area contributed by atoms with Gasteiger partial charge in [0.2, 0.25) is 0 Å². The van der Waals surface area contributed by atoms with Gasteiger partial charge >= 0.3 is 6.61 Å². The van der Waals surface area contributed by atoms with Crippen molar-refractivity contribution >= 4 is 11.4 Å². The third-order valence-corrected chi connectivity index (χ3v) is 2.78. The molecule has 1 heterocycles. The molecule has 0 unspecified atom stereocenters. The van der Waals surface area contributed by atoms with Crippen molar-refractivity contribution in [3.05, 3.63) is 47.5 Å². The van der Waals surface area contributed by atoms with Crippen molar-refractivity contribution in [1.82, 2.24) is 4.98 Å². The maximum atomic E-state index is 13.4. The monoisotopic (exact) mass is 297 g/mol. The number of nitrogens with zero attached hydrogens (tertiary/aromatic N) is 1. The summed E-state index contributed by atoms with van der Waals surface area (Å²) in [6.07, 6.45) is 1.68. The lowest BCUT2D eigenvalue weighted by Gasteiger charge is -2.13. The lowest BCUT2D eigenvalue weighted by Crippen LogP contribution is -2.07. The predicted molar refractivity (Wildman–Crippen MR) is 73.7 cm³/mol. The molecule has 0 atom stereocenters. The summed E-state index contributed by atoms with van der Waals surface area (Å²) in [6.45, 7) is -0.863. The highest BCUT2D eigenvalue weighted by Gasteiger charge is 2.13. The second-order valence-electron chi connectivity index (χ2n) is 4.41. The minimum Gasteiger partial charge on any atom is -0.432 e. The van der Waals surface area contributed by atoms with Gasteiger partial charge in [-0.2, -0.15) is 8.78 Å². The number of pyridine rings is 1. The van der Waals surface area contributed by atoms with Crippen LogP contribution in [0.3, 0.4) is 0 Å². The number of hydrogen-bond donors (Lipinski definition) is 2. The van der Waals surface area contributed by atoms with Gasteiger partial charge in [-0.25, -0.2) is 4.39 Å². The van der Waals surface area contributed by atoms with Crippen LogP contribution >= 0.6 is 0 Å². The van der Waals surface area contributed by atoms with E-state index in [9.17, 15) is 13.2 Å². The highest BCUT2D eigenvalue weighted by molar-refractivity contribution is 5.68. The summed E-state index contributed by atoms with van der Waals surface area (Å²) in [5.74, 6) is -1.49. The fourth-order valence-corrected chi connectivity index (χ4v) is 1.71. The van der Waals surface area contributed by atoms with E-state index in [1.807, 2.05) is 19.1 Å². The maximum Gasteiger partial charge on any atom is 0.387 e. The Balaban J connectivity index is 2.13. The fourth-order valence-electron chi connectivity index (χ4n) is 1.71. The Morgan fingerprint density at radius 2 is 2.10 bits per heavy atom. The first-order valence-electron chi connectivity index (χ1n) is 6.15. The number of benzene rings is 1. The molecule has 3 N–H and O–H groups in total.